The van der Waals surface area contributed by atoms with Gasteiger partial charge < -0.3 is 14.0 Å². The van der Waals surface area contributed by atoms with Crippen LogP contribution in [-0.4, -0.2) is 27.6 Å². The average molecular weight is 795 g/mol. The van der Waals surface area contributed by atoms with E-state index < -0.39 is 0 Å². The standard InChI is InChI=1S/C40H45N3O2.Pt/c1-37(2,3)26-12-15-33-32(21-26)31-14-13-29(23-34(31)43(33)35-22-27(16-17-41-35)38(4,5)6)45-30-19-25(18-28(20-30)39(7,8)9)36-42-40(10,11)24-44-36;/h12-18,20-22H,24H2,1-11H3;/q-2;+2. The third kappa shape index (κ3) is 6.67. The summed E-state index contributed by atoms with van der Waals surface area (Å²) in [7, 11) is 0. The SMILES string of the molecule is CC1(C)COC(c2[c-]c(Oc3[c-]c4c(cc3)c3cc(C(C)(C)C)ccc3n4-c3cc(C(C)(C)C)ccn3)cc(C(C)(C)C)c2)=N1.[Pt+2]. The third-order valence-electron chi connectivity index (χ3n) is 8.48. The first kappa shape index (κ1) is 33.9. The smallest absolute Gasteiger partial charge is 0.518 e. The van der Waals surface area contributed by atoms with Gasteiger partial charge in [-0.05, 0) is 64.8 Å². The molecular weight excluding hydrogens is 750 g/mol. The molecule has 46 heavy (non-hydrogen) atoms. The molecule has 0 spiro atoms. The largest absolute Gasteiger partial charge is 2.00 e. The number of hydrogen-bond donors (Lipinski definition) is 0. The predicted octanol–water partition coefficient (Wildman–Crippen LogP) is 10.0. The summed E-state index contributed by atoms with van der Waals surface area (Å²) in [6, 6.07) is 26.4. The number of fused-ring (bicyclic) bond motifs is 3. The van der Waals surface area contributed by atoms with E-state index in [1.54, 1.807) is 0 Å². The summed E-state index contributed by atoms with van der Waals surface area (Å²) in [5.74, 6) is 2.68. The number of hydrogen-bond acceptors (Lipinski definition) is 4. The van der Waals surface area contributed by atoms with Crippen LogP contribution in [0.1, 0.15) is 98.4 Å². The first-order valence-electron chi connectivity index (χ1n) is 15.9. The van der Waals surface area contributed by atoms with Crippen molar-refractivity contribution in [3.05, 3.63) is 95.2 Å². The molecule has 0 unspecified atom stereocenters. The Hall–Kier alpha value is -3.43. The molecule has 0 amide bonds. The Morgan fingerprint density at radius 1 is 0.739 bits per heavy atom. The number of benzene rings is 3. The van der Waals surface area contributed by atoms with Gasteiger partial charge in [-0.2, -0.15) is 6.07 Å². The maximum Gasteiger partial charge on any atom is 2.00 e. The van der Waals surface area contributed by atoms with Crippen LogP contribution in [0.3, 0.4) is 0 Å². The van der Waals surface area contributed by atoms with Crippen LogP contribution in [0.4, 0.5) is 0 Å². The molecule has 2 aromatic heterocycles. The van der Waals surface area contributed by atoms with E-state index in [1.807, 2.05) is 12.3 Å². The number of aromatic nitrogens is 2. The van der Waals surface area contributed by atoms with Crippen LogP contribution in [0.25, 0.3) is 27.6 Å². The van der Waals surface area contributed by atoms with Crippen LogP contribution in [0.5, 0.6) is 11.5 Å². The predicted molar refractivity (Wildman–Crippen MR) is 185 cm³/mol. The molecule has 0 fully saturated rings. The number of pyridine rings is 1. The van der Waals surface area contributed by atoms with Crippen LogP contribution in [-0.2, 0) is 42.0 Å². The molecule has 0 bridgehead atoms. The summed E-state index contributed by atoms with van der Waals surface area (Å²) in [4.78, 5) is 9.67. The van der Waals surface area contributed by atoms with Crippen molar-refractivity contribution in [3.63, 3.8) is 0 Å². The van der Waals surface area contributed by atoms with Gasteiger partial charge >= 0.3 is 21.1 Å². The first-order chi connectivity index (χ1) is 20.9. The topological polar surface area (TPSA) is 48.6 Å². The Kier molecular flexibility index (Phi) is 8.60. The van der Waals surface area contributed by atoms with Gasteiger partial charge in [0.05, 0.1) is 5.54 Å². The first-order valence-corrected chi connectivity index (χ1v) is 15.9. The van der Waals surface area contributed by atoms with Gasteiger partial charge in [-0.3, -0.25) is 4.99 Å². The number of ether oxygens (including phenoxy) is 2. The fraction of sp³-hybridized carbons (Fsp3) is 0.400. The summed E-state index contributed by atoms with van der Waals surface area (Å²) < 4.78 is 14.8. The molecule has 0 saturated carbocycles. The minimum atomic E-state index is -0.265. The normalized spacial score (nSPS) is 15.1. The van der Waals surface area contributed by atoms with Crippen molar-refractivity contribution < 1.29 is 30.5 Å². The molecule has 3 heterocycles. The minimum Gasteiger partial charge on any atom is -0.518 e. The molecule has 242 valence electrons. The Balaban J connectivity index is 0.00000417. The summed E-state index contributed by atoms with van der Waals surface area (Å²) in [5, 5.41) is 2.28. The molecule has 0 atom stereocenters. The van der Waals surface area contributed by atoms with Crippen molar-refractivity contribution in [1.82, 2.24) is 9.55 Å². The van der Waals surface area contributed by atoms with Gasteiger partial charge in [0.2, 0.25) is 0 Å². The second-order valence-corrected chi connectivity index (χ2v) is 16.1. The van der Waals surface area contributed by atoms with E-state index in [9.17, 15) is 0 Å². The summed E-state index contributed by atoms with van der Waals surface area (Å²) >= 11 is 0. The van der Waals surface area contributed by atoms with E-state index >= 15 is 0 Å². The average Bonchev–Trinajstić information content (AvgIpc) is 3.47. The van der Waals surface area contributed by atoms with Gasteiger partial charge in [-0.15, -0.1) is 29.1 Å². The molecule has 5 nitrogen and oxygen atoms in total. The van der Waals surface area contributed by atoms with Crippen molar-refractivity contribution in [2.24, 2.45) is 4.99 Å². The van der Waals surface area contributed by atoms with E-state index in [4.69, 9.17) is 19.5 Å². The molecule has 0 radical (unpaired) electrons. The Morgan fingerprint density at radius 3 is 2.04 bits per heavy atom. The molecule has 0 N–H and O–H groups in total. The van der Waals surface area contributed by atoms with Crippen LogP contribution in [0, 0.1) is 12.1 Å². The van der Waals surface area contributed by atoms with Crippen molar-refractivity contribution in [2.45, 2.75) is 97.9 Å². The maximum atomic E-state index is 6.56. The molecule has 3 aromatic carbocycles. The van der Waals surface area contributed by atoms with Gasteiger partial charge in [-0.25, -0.2) is 4.98 Å². The fourth-order valence-electron chi connectivity index (χ4n) is 5.68. The Morgan fingerprint density at radius 2 is 1.41 bits per heavy atom. The van der Waals surface area contributed by atoms with E-state index in [0.717, 1.165) is 33.4 Å². The molecule has 6 heteroatoms. The Bertz CT molecular complexity index is 1960. The van der Waals surface area contributed by atoms with Gasteiger partial charge in [0.1, 0.15) is 18.3 Å². The van der Waals surface area contributed by atoms with E-state index in [1.165, 1.54) is 16.5 Å². The molecule has 0 saturated heterocycles. The second-order valence-electron chi connectivity index (χ2n) is 16.1. The number of aliphatic imine (C=N–C) groups is 1. The van der Waals surface area contributed by atoms with Crippen LogP contribution < -0.4 is 4.74 Å². The van der Waals surface area contributed by atoms with Gasteiger partial charge in [-0.1, -0.05) is 97.7 Å². The third-order valence-corrected chi connectivity index (χ3v) is 8.48. The van der Waals surface area contributed by atoms with Gasteiger partial charge in [0.15, 0.2) is 0 Å². The summed E-state index contributed by atoms with van der Waals surface area (Å²) in [6.45, 7) is 24.7. The minimum absolute atomic E-state index is 0. The number of rotatable bonds is 4. The molecule has 6 rings (SSSR count). The fourth-order valence-corrected chi connectivity index (χ4v) is 5.68. The van der Waals surface area contributed by atoms with Crippen LogP contribution in [0.2, 0.25) is 0 Å². The van der Waals surface area contributed by atoms with Crippen molar-refractivity contribution in [3.8, 4) is 17.3 Å². The van der Waals surface area contributed by atoms with E-state index in [-0.39, 0.29) is 42.8 Å². The monoisotopic (exact) mass is 794 g/mol. The molecule has 0 aliphatic carbocycles. The van der Waals surface area contributed by atoms with Crippen LogP contribution >= 0.6 is 0 Å². The molecule has 5 aromatic rings. The van der Waals surface area contributed by atoms with Crippen molar-refractivity contribution in [1.29, 1.82) is 0 Å². The maximum absolute atomic E-state index is 6.56. The van der Waals surface area contributed by atoms with E-state index in [2.05, 4.69) is 141 Å². The molecule has 1 aliphatic rings. The van der Waals surface area contributed by atoms with Crippen LogP contribution in [0.15, 0.2) is 65.8 Å². The molecular formula is C40H45N3O2Pt. The quantitative estimate of drug-likeness (QED) is 0.170. The van der Waals surface area contributed by atoms with E-state index in [0.29, 0.717) is 24.0 Å². The van der Waals surface area contributed by atoms with Crippen molar-refractivity contribution in [2.75, 3.05) is 6.61 Å². The number of nitrogens with zero attached hydrogens (tertiary/aromatic N) is 3. The zero-order valence-electron chi connectivity index (χ0n) is 29.0. The molecule has 1 aliphatic heterocycles. The zero-order chi connectivity index (χ0) is 32.5. The zero-order valence-corrected chi connectivity index (χ0v) is 31.2. The summed E-state index contributed by atoms with van der Waals surface area (Å²) in [6.07, 6.45) is 1.90. The Labute approximate surface area is 288 Å². The summed E-state index contributed by atoms with van der Waals surface area (Å²) in [5.41, 5.74) is 6.08. The van der Waals surface area contributed by atoms with Gasteiger partial charge in [0, 0.05) is 23.2 Å². The second kappa shape index (κ2) is 11.7. The van der Waals surface area contributed by atoms with Crippen molar-refractivity contribution >= 4 is 27.7 Å². The van der Waals surface area contributed by atoms with Gasteiger partial charge in [0.25, 0.3) is 0 Å².